The van der Waals surface area contributed by atoms with E-state index in [-0.39, 0.29) is 11.7 Å². The van der Waals surface area contributed by atoms with Gasteiger partial charge in [0.2, 0.25) is 0 Å². The number of rotatable bonds is 8. The molecule has 0 aromatic heterocycles. The summed E-state index contributed by atoms with van der Waals surface area (Å²) in [6.45, 7) is 10.5. The van der Waals surface area contributed by atoms with Crippen LogP contribution in [0.1, 0.15) is 47.1 Å². The van der Waals surface area contributed by atoms with Gasteiger partial charge in [-0.3, -0.25) is 4.57 Å². The van der Waals surface area contributed by atoms with Crippen LogP contribution in [-0.2, 0) is 18.8 Å². The molecule has 0 aliphatic carbocycles. The van der Waals surface area contributed by atoms with E-state index in [0.717, 1.165) is 16.2 Å². The summed E-state index contributed by atoms with van der Waals surface area (Å²) in [5.41, 5.74) is 0.208. The van der Waals surface area contributed by atoms with Crippen molar-refractivity contribution in [1.82, 2.24) is 0 Å². The van der Waals surface area contributed by atoms with E-state index in [9.17, 15) is 15.1 Å². The molecule has 0 unspecified atom stereocenters. The lowest BCUT2D eigenvalue weighted by Gasteiger charge is -2.33. The van der Waals surface area contributed by atoms with Gasteiger partial charge < -0.3 is 13.8 Å². The lowest BCUT2D eigenvalue weighted by Crippen LogP contribution is -2.29. The Kier molecular flexibility index (Phi) is 7.15. The van der Waals surface area contributed by atoms with Gasteiger partial charge in [-0.1, -0.05) is 48.5 Å². The Labute approximate surface area is 195 Å². The van der Waals surface area contributed by atoms with Crippen LogP contribution in [0.4, 0.5) is 0 Å². The molecule has 3 rings (SSSR count). The normalized spacial score (nSPS) is 12.5. The fourth-order valence-electron chi connectivity index (χ4n) is 3.96. The topological polar surface area (TPSA) is 92.3 Å². The molecule has 0 amide bonds. The van der Waals surface area contributed by atoms with Crippen molar-refractivity contribution < 1.29 is 18.3 Å². The first-order chi connectivity index (χ1) is 15.6. The molecule has 0 heterocycles. The van der Waals surface area contributed by atoms with E-state index in [0.29, 0.717) is 11.1 Å². The second-order valence-electron chi connectivity index (χ2n) is 8.70. The predicted octanol–water partition coefficient (Wildman–Crippen LogP) is 7.07. The number of ether oxygens (including phenoxy) is 1. The zero-order valence-corrected chi connectivity index (χ0v) is 20.7. The summed E-state index contributed by atoms with van der Waals surface area (Å²) in [6.07, 6.45) is -1.35. The molecule has 7 heteroatoms. The van der Waals surface area contributed by atoms with Gasteiger partial charge in [-0.25, -0.2) is 0 Å². The van der Waals surface area contributed by atoms with Crippen LogP contribution in [0.3, 0.4) is 0 Å². The first kappa shape index (κ1) is 24.7. The van der Waals surface area contributed by atoms with E-state index >= 15 is 0 Å². The van der Waals surface area contributed by atoms with Crippen LogP contribution in [0.25, 0.3) is 21.5 Å². The maximum atomic E-state index is 14.4. The van der Waals surface area contributed by atoms with E-state index in [1.807, 2.05) is 74.5 Å². The number of fused-ring (bicyclic) bond motifs is 3. The molecule has 0 aliphatic heterocycles. The molecule has 0 N–H and O–H groups in total. The molecule has 33 heavy (non-hydrogen) atoms. The molecule has 0 spiro atoms. The van der Waals surface area contributed by atoms with Crippen molar-refractivity contribution in [3.05, 3.63) is 54.1 Å². The van der Waals surface area contributed by atoms with Crippen LogP contribution in [0.2, 0.25) is 0 Å². The summed E-state index contributed by atoms with van der Waals surface area (Å²) >= 11 is 0. The first-order valence-electron chi connectivity index (χ1n) is 11.0. The summed E-state index contributed by atoms with van der Waals surface area (Å²) in [5.74, 6) is 0.335. The number of nitrogens with zero attached hydrogens (tertiary/aromatic N) is 2. The highest BCUT2D eigenvalue weighted by molar-refractivity contribution is 7.56. The molecule has 0 atom stereocenters. The van der Waals surface area contributed by atoms with Gasteiger partial charge in [0.05, 0.1) is 18.3 Å². The van der Waals surface area contributed by atoms with E-state index < -0.39 is 25.0 Å². The van der Waals surface area contributed by atoms with Gasteiger partial charge in [0.1, 0.15) is 17.9 Å². The number of nitriles is 2. The van der Waals surface area contributed by atoms with Crippen LogP contribution in [0, 0.1) is 22.7 Å². The Hall–Kier alpha value is -2.89. The maximum absolute atomic E-state index is 14.4. The highest BCUT2D eigenvalue weighted by Gasteiger charge is 2.58. The number of hydrogen-bond acceptors (Lipinski definition) is 6. The molecule has 0 bridgehead atoms. The Morgan fingerprint density at radius 2 is 1.15 bits per heavy atom. The second-order valence-corrected chi connectivity index (χ2v) is 10.8. The predicted molar refractivity (Wildman–Crippen MR) is 130 cm³/mol. The molecule has 3 aromatic carbocycles. The van der Waals surface area contributed by atoms with Crippen LogP contribution >= 0.6 is 7.60 Å². The summed E-state index contributed by atoms with van der Waals surface area (Å²) in [5, 5.41) is 21.8. The van der Waals surface area contributed by atoms with E-state index in [1.165, 1.54) is 0 Å². The molecule has 0 fully saturated rings. The van der Waals surface area contributed by atoms with Crippen LogP contribution in [-0.4, -0.2) is 18.3 Å². The molecule has 0 radical (unpaired) electrons. The molecule has 0 saturated carbocycles. The first-order valence-corrected chi connectivity index (χ1v) is 12.5. The summed E-state index contributed by atoms with van der Waals surface area (Å²) in [4.78, 5) is 0. The molecule has 172 valence electrons. The van der Waals surface area contributed by atoms with Crippen molar-refractivity contribution in [3.63, 3.8) is 0 Å². The minimum atomic E-state index is -4.35. The van der Waals surface area contributed by atoms with Gasteiger partial charge >= 0.3 is 7.60 Å². The molecule has 0 saturated heterocycles. The molecular formula is C26H29N2O4P. The van der Waals surface area contributed by atoms with Gasteiger partial charge in [0, 0.05) is 10.9 Å². The molecule has 0 aliphatic rings. The summed E-state index contributed by atoms with van der Waals surface area (Å²) in [6, 6.07) is 19.1. The van der Waals surface area contributed by atoms with Crippen LogP contribution in [0.5, 0.6) is 5.75 Å². The Morgan fingerprint density at radius 3 is 1.58 bits per heavy atom. The fourth-order valence-corrected chi connectivity index (χ4v) is 6.18. The quantitative estimate of drug-likeness (QED) is 0.262. The van der Waals surface area contributed by atoms with Gasteiger partial charge in [0.25, 0.3) is 5.16 Å². The number of benzene rings is 3. The Morgan fingerprint density at radius 1 is 0.727 bits per heavy atom. The summed E-state index contributed by atoms with van der Waals surface area (Å²) in [7, 11) is -4.35. The molecular weight excluding hydrogens is 435 g/mol. The summed E-state index contributed by atoms with van der Waals surface area (Å²) < 4.78 is 32.2. The molecule has 3 aromatic rings. The van der Waals surface area contributed by atoms with Crippen LogP contribution < -0.4 is 4.74 Å². The SMILES string of the molecule is CC(C)Oc1c(C(C#N)(C#N)P(=O)(OC(C)C)OC(C)C)c2ccccc2c2ccccc12. The highest BCUT2D eigenvalue weighted by atomic mass is 31.2. The average Bonchev–Trinajstić information content (AvgIpc) is 2.74. The Balaban J connectivity index is 2.60. The van der Waals surface area contributed by atoms with E-state index in [4.69, 9.17) is 13.8 Å². The average molecular weight is 465 g/mol. The van der Waals surface area contributed by atoms with Crippen molar-refractivity contribution in [1.29, 1.82) is 10.5 Å². The highest BCUT2D eigenvalue weighted by Crippen LogP contribution is 2.68. The van der Waals surface area contributed by atoms with Crippen molar-refractivity contribution in [3.8, 4) is 17.9 Å². The lowest BCUT2D eigenvalue weighted by atomic mass is 9.89. The van der Waals surface area contributed by atoms with E-state index in [1.54, 1.807) is 27.7 Å². The standard InChI is InChI=1S/C26H29N2O4P/c1-17(2)30-25-23-14-10-8-12-21(23)20-11-7-9-13-22(20)24(25)26(15-27,16-28)33(29,31-18(3)4)32-19(5)6/h7-14,17-19H,1-6H3. The third-order valence-electron chi connectivity index (χ3n) is 5.03. The fraction of sp³-hybridized carbons (Fsp3) is 0.385. The van der Waals surface area contributed by atoms with Gasteiger partial charge in [-0.15, -0.1) is 0 Å². The smallest absolute Gasteiger partial charge is 0.370 e. The lowest BCUT2D eigenvalue weighted by molar-refractivity contribution is 0.134. The van der Waals surface area contributed by atoms with Gasteiger partial charge in [0.15, 0.2) is 0 Å². The van der Waals surface area contributed by atoms with Crippen molar-refractivity contribution in [2.75, 3.05) is 0 Å². The Bertz CT molecular complexity index is 1270. The molecule has 6 nitrogen and oxygen atoms in total. The monoisotopic (exact) mass is 464 g/mol. The van der Waals surface area contributed by atoms with Crippen molar-refractivity contribution in [2.45, 2.75) is 65.0 Å². The largest absolute Gasteiger partial charge is 0.490 e. The number of hydrogen-bond donors (Lipinski definition) is 0. The zero-order chi connectivity index (χ0) is 24.4. The van der Waals surface area contributed by atoms with E-state index in [2.05, 4.69) is 0 Å². The van der Waals surface area contributed by atoms with Crippen molar-refractivity contribution >= 4 is 29.1 Å². The van der Waals surface area contributed by atoms with Crippen LogP contribution in [0.15, 0.2) is 48.5 Å². The third kappa shape index (κ3) is 4.35. The van der Waals surface area contributed by atoms with Gasteiger partial charge in [-0.05, 0) is 57.7 Å². The minimum Gasteiger partial charge on any atom is -0.490 e. The van der Waals surface area contributed by atoms with Crippen molar-refractivity contribution in [2.24, 2.45) is 0 Å². The second kappa shape index (κ2) is 9.54. The maximum Gasteiger partial charge on any atom is 0.370 e. The van der Waals surface area contributed by atoms with Gasteiger partial charge in [-0.2, -0.15) is 10.5 Å². The minimum absolute atomic E-state index is 0.208. The third-order valence-corrected chi connectivity index (χ3v) is 7.68. The zero-order valence-electron chi connectivity index (χ0n) is 19.8.